The van der Waals surface area contributed by atoms with Crippen LogP contribution in [0.2, 0.25) is 0 Å². The van der Waals surface area contributed by atoms with Crippen LogP contribution in [0.5, 0.6) is 69.0 Å². The van der Waals surface area contributed by atoms with Crippen molar-refractivity contribution in [2.45, 2.75) is 34.6 Å². The lowest BCUT2D eigenvalue weighted by atomic mass is 10.0. The molecule has 27 heteroatoms. The molecule has 0 bridgehead atoms. The van der Waals surface area contributed by atoms with Crippen LogP contribution in [0.1, 0.15) is 33.3 Å². The first-order chi connectivity index (χ1) is 66.8. The fraction of sp³-hybridized carbons (Fsp3) is 0.0442. The minimum absolute atomic E-state index is 0.0904. The fourth-order valence-electron chi connectivity index (χ4n) is 11.0. The molecule has 0 saturated carbocycles. The van der Waals surface area contributed by atoms with Crippen molar-refractivity contribution in [2.24, 2.45) is 0 Å². The van der Waals surface area contributed by atoms with E-state index in [4.69, 9.17) is 56.8 Å². The summed E-state index contributed by atoms with van der Waals surface area (Å²) in [5.41, 5.74) is 11.2. The van der Waals surface area contributed by atoms with E-state index < -0.39 is 89.1 Å². The quantitative estimate of drug-likeness (QED) is 0.0229. The fourth-order valence-corrected chi connectivity index (χ4v) is 11.0. The maximum Gasteiger partial charge on any atom is 0.338 e. The summed E-state index contributed by atoms with van der Waals surface area (Å²) in [5, 5.41) is 0. The van der Waals surface area contributed by atoms with Crippen LogP contribution in [-0.2, 0) is 57.5 Å². The second-order valence-corrected chi connectivity index (χ2v) is 28.8. The molecule has 24 nitrogen and oxygen atoms in total. The molecule has 0 amide bonds. The molecule has 12 aromatic carbocycles. The largest absolute Gasteiger partial charge is 0.423 e. The molecule has 0 aliphatic carbocycles. The van der Waals surface area contributed by atoms with E-state index >= 15 is 0 Å². The van der Waals surface area contributed by atoms with Crippen molar-refractivity contribution in [3.63, 3.8) is 0 Å². The summed E-state index contributed by atoms with van der Waals surface area (Å²) < 4.78 is 102. The monoisotopic (exact) mass is 1890 g/mol. The molecule has 0 radical (unpaired) electrons. The van der Waals surface area contributed by atoms with E-state index in [1.165, 1.54) is 43.3 Å². The third-order valence-electron chi connectivity index (χ3n) is 18.1. The van der Waals surface area contributed by atoms with Crippen LogP contribution in [-0.4, -0.2) is 71.6 Å². The van der Waals surface area contributed by atoms with E-state index in [0.29, 0.717) is 102 Å². The van der Waals surface area contributed by atoms with E-state index in [2.05, 4.69) is 78.9 Å². The molecule has 708 valence electrons. The average Bonchev–Trinajstić information content (AvgIpc) is 0.838. The van der Waals surface area contributed by atoms with E-state index in [1.807, 2.05) is 79.7 Å². The van der Waals surface area contributed by atoms with Gasteiger partial charge in [-0.3, -0.25) is 0 Å². The first kappa shape index (κ1) is 108. The van der Waals surface area contributed by atoms with Crippen LogP contribution in [0, 0.1) is 24.4 Å². The summed E-state index contributed by atoms with van der Waals surface area (Å²) in [6.07, 6.45) is 8.51. The molecule has 0 aromatic heterocycles. The van der Waals surface area contributed by atoms with Gasteiger partial charge in [0.1, 0.15) is 63.3 Å². The first-order valence-corrected chi connectivity index (χ1v) is 41.4. The number of esters is 12. The van der Waals surface area contributed by atoms with Gasteiger partial charge in [-0.15, -0.1) is 0 Å². The molecule has 0 aliphatic heterocycles. The number of rotatable bonds is 30. The highest BCUT2D eigenvalue weighted by molar-refractivity contribution is 5.93. The lowest BCUT2D eigenvalue weighted by Gasteiger charge is -2.09. The van der Waals surface area contributed by atoms with E-state index in [1.54, 1.807) is 172 Å². The van der Waals surface area contributed by atoms with Gasteiger partial charge in [0.05, 0.1) is 0 Å². The van der Waals surface area contributed by atoms with Crippen molar-refractivity contribution in [2.75, 3.05) is 0 Å². The number of aryl methyl sites for hydroxylation is 1. The van der Waals surface area contributed by atoms with Crippen LogP contribution in [0.4, 0.5) is 13.2 Å². The molecule has 140 heavy (non-hydrogen) atoms. The lowest BCUT2D eigenvalue weighted by Crippen LogP contribution is -2.09. The van der Waals surface area contributed by atoms with Gasteiger partial charge in [0.2, 0.25) is 0 Å². The number of carbonyl (C=O) groups excluding carboxylic acids is 12. The van der Waals surface area contributed by atoms with Gasteiger partial charge >= 0.3 is 71.6 Å². The maximum absolute atomic E-state index is 14.1. The van der Waals surface area contributed by atoms with Gasteiger partial charge in [0.15, 0.2) is 23.1 Å². The van der Waals surface area contributed by atoms with Gasteiger partial charge < -0.3 is 56.8 Å². The predicted octanol–water partition coefficient (Wildman–Crippen LogP) is 23.5. The normalized spacial score (nSPS) is 9.83. The van der Waals surface area contributed by atoms with Gasteiger partial charge in [-0.1, -0.05) is 194 Å². The number of benzene rings is 12. The number of hydrogen-bond donors (Lipinski definition) is 0. The molecular weight excluding hydrogens is 1800 g/mol. The smallest absolute Gasteiger partial charge is 0.338 e. The molecule has 0 saturated heterocycles. The van der Waals surface area contributed by atoms with Crippen molar-refractivity contribution in [3.05, 3.63) is 440 Å². The van der Waals surface area contributed by atoms with E-state index in [9.17, 15) is 70.7 Å². The zero-order chi connectivity index (χ0) is 103. The summed E-state index contributed by atoms with van der Waals surface area (Å²) in [5.74, 6) is -4.92. The Morgan fingerprint density at radius 2 is 0.386 bits per heavy atom. The minimum Gasteiger partial charge on any atom is -0.423 e. The number of halogens is 3. The molecule has 0 spiro atoms. The molecular formula is C113H91F3O24. The summed E-state index contributed by atoms with van der Waals surface area (Å²) in [6, 6.07) is 72.9. The van der Waals surface area contributed by atoms with Crippen molar-refractivity contribution in [1.82, 2.24) is 0 Å². The van der Waals surface area contributed by atoms with Crippen molar-refractivity contribution in [3.8, 4) is 136 Å². The first-order valence-electron chi connectivity index (χ1n) is 41.4. The second-order valence-electron chi connectivity index (χ2n) is 28.8. The molecule has 0 unspecified atom stereocenters. The van der Waals surface area contributed by atoms with Gasteiger partial charge in [-0.05, 0) is 247 Å². The van der Waals surface area contributed by atoms with Crippen molar-refractivity contribution >= 4 is 71.6 Å². The summed E-state index contributed by atoms with van der Waals surface area (Å²) in [4.78, 5) is 135. The Bertz CT molecular complexity index is 6440. The summed E-state index contributed by atoms with van der Waals surface area (Å²) >= 11 is 0. The SMILES string of the molecule is C=C(C)C(=O)Oc1ccc(-c2ccc(OC(=O)C(=C)C)c(F)c2)cc1.C=C(C)C(=O)Oc1ccc(-c2ccc(OC(=O)C(=C)C)cc2)cc1.C=CC(=O)Oc1ccc(-c2ccc(OC(=O)C=C)c(C)c2)cc1.C=CC(=O)Oc1ccc(-c2ccc(OC(=O)C=C)c(F)c2)cc1.C=CC(=O)Oc1ccc(-c2ccc(OC(=O)C=C)cc2)cc1.C=CC(=O)Oc1ccc(-c2ccc(OC(=O)C=C)cc2F)cc1. The Morgan fingerprint density at radius 1 is 0.200 bits per heavy atom. The molecule has 12 rings (SSSR count). The highest BCUT2D eigenvalue weighted by atomic mass is 19.1. The highest BCUT2D eigenvalue weighted by Crippen LogP contribution is 2.35. The van der Waals surface area contributed by atoms with Gasteiger partial charge in [-0.2, -0.15) is 0 Å². The molecule has 0 N–H and O–H groups in total. The predicted molar refractivity (Wildman–Crippen MR) is 524 cm³/mol. The third kappa shape index (κ3) is 35.2. The number of hydrogen-bond acceptors (Lipinski definition) is 24. The molecule has 0 heterocycles. The average molecular weight is 1890 g/mol. The third-order valence-corrected chi connectivity index (χ3v) is 18.1. The van der Waals surface area contributed by atoms with Crippen LogP contribution < -0.4 is 56.8 Å². The van der Waals surface area contributed by atoms with E-state index in [-0.39, 0.29) is 22.8 Å². The molecule has 0 atom stereocenters. The Balaban J connectivity index is 0.000000228. The topological polar surface area (TPSA) is 316 Å². The van der Waals surface area contributed by atoms with E-state index in [0.717, 1.165) is 93.6 Å². The molecule has 12 aromatic rings. The summed E-state index contributed by atoms with van der Waals surface area (Å²) in [6.45, 7) is 48.7. The number of carbonyl (C=O) groups is 12. The standard InChI is InChI=1S/C20H17FO4.C20H18O4.C19H16O4.2C18H13FO4.C18H14O4/c1-12(2)19(22)24-16-8-5-14(6-9-16)15-7-10-18(17(21)11-15)25-20(23)13(3)4;1-13(2)19(21)23-17-9-5-15(6-10-17)16-7-11-18(12-8-16)24-20(22)14(3)4;1-4-18(20)22-16-9-6-14(7-10-16)15-8-11-17(13(3)12-15)23-19(21)5-2;1-3-17(20)22-14-8-5-12(6-9-14)13-7-10-16(15(19)11-13)23-18(21)4-2;1-3-17(20)22-13-7-5-12(6-8-13)15-10-9-14(11-16(15)19)23-18(21)4-2;1-3-17(19)21-15-9-5-13(6-10-15)14-7-11-16(12-8-14)22-18(20)4-2/h5-11H,1,3H2,2,4H3;5-12H,1,3H2,2,4H3;4-12H,1-2H2,3H3;2*3-11H,1-2H2;3-12H,1-2H2. The van der Waals surface area contributed by atoms with Crippen LogP contribution in [0.15, 0.2) is 417 Å². The zero-order valence-electron chi connectivity index (χ0n) is 76.4. The second kappa shape index (κ2) is 54.2. The van der Waals surface area contributed by atoms with Gasteiger partial charge in [0, 0.05) is 82.5 Å². The van der Waals surface area contributed by atoms with Crippen LogP contribution >= 0.6 is 0 Å². The van der Waals surface area contributed by atoms with Crippen molar-refractivity contribution in [1.29, 1.82) is 0 Å². The summed E-state index contributed by atoms with van der Waals surface area (Å²) in [7, 11) is 0. The number of ether oxygens (including phenoxy) is 12. The van der Waals surface area contributed by atoms with Crippen molar-refractivity contribution < 1.29 is 128 Å². The molecule has 0 aliphatic rings. The lowest BCUT2D eigenvalue weighted by molar-refractivity contribution is -0.131. The Kier molecular flexibility index (Phi) is 41.8. The van der Waals surface area contributed by atoms with Gasteiger partial charge in [0.25, 0.3) is 0 Å². The maximum atomic E-state index is 14.1. The minimum atomic E-state index is -0.731. The van der Waals surface area contributed by atoms with Gasteiger partial charge in [-0.25, -0.2) is 70.7 Å². The molecule has 0 fully saturated rings. The zero-order valence-corrected chi connectivity index (χ0v) is 76.4. The Hall–Kier alpha value is -19.1. The van der Waals surface area contributed by atoms with Crippen LogP contribution in [0.25, 0.3) is 66.8 Å². The Labute approximate surface area is 805 Å². The Morgan fingerprint density at radius 3 is 0.621 bits per heavy atom. The highest BCUT2D eigenvalue weighted by Gasteiger charge is 2.18. The van der Waals surface area contributed by atoms with Crippen LogP contribution in [0.3, 0.4) is 0 Å².